The van der Waals surface area contributed by atoms with Crippen molar-refractivity contribution in [2.75, 3.05) is 5.32 Å². The third-order valence-electron chi connectivity index (χ3n) is 3.32. The summed E-state index contributed by atoms with van der Waals surface area (Å²) in [5.74, 6) is -0.213. The van der Waals surface area contributed by atoms with E-state index in [1.807, 2.05) is 6.92 Å². The molecule has 0 saturated heterocycles. The Balaban J connectivity index is 2.05. The number of aromatic nitrogens is 2. The van der Waals surface area contributed by atoms with Crippen molar-refractivity contribution in [1.82, 2.24) is 9.97 Å². The molecule has 0 aliphatic heterocycles. The SMILES string of the molecule is Cc1cc(Cl)ccc1NC(=O)CCc1c(C)[nH]c(=O)[nH]c1=O. The molecule has 1 aromatic carbocycles. The zero-order chi connectivity index (χ0) is 16.3. The van der Waals surface area contributed by atoms with E-state index in [1.54, 1.807) is 25.1 Å². The largest absolute Gasteiger partial charge is 0.326 e. The second-order valence-electron chi connectivity index (χ2n) is 5.02. The lowest BCUT2D eigenvalue weighted by Crippen LogP contribution is -2.27. The number of rotatable bonds is 4. The van der Waals surface area contributed by atoms with E-state index in [1.165, 1.54) is 0 Å². The average Bonchev–Trinajstić information content (AvgIpc) is 2.40. The zero-order valence-electron chi connectivity index (χ0n) is 12.2. The maximum Gasteiger partial charge on any atom is 0.325 e. The summed E-state index contributed by atoms with van der Waals surface area (Å²) in [6.45, 7) is 3.48. The van der Waals surface area contributed by atoms with Crippen LogP contribution in [0.15, 0.2) is 27.8 Å². The number of benzene rings is 1. The Hall–Kier alpha value is -2.34. The molecule has 0 unspecified atom stereocenters. The number of amides is 1. The van der Waals surface area contributed by atoms with E-state index in [-0.39, 0.29) is 18.7 Å². The second-order valence-corrected chi connectivity index (χ2v) is 5.46. The van der Waals surface area contributed by atoms with Crippen LogP contribution in [0.4, 0.5) is 5.69 Å². The smallest absolute Gasteiger partial charge is 0.325 e. The lowest BCUT2D eigenvalue weighted by Gasteiger charge is -2.09. The summed E-state index contributed by atoms with van der Waals surface area (Å²) in [4.78, 5) is 39.5. The molecule has 22 heavy (non-hydrogen) atoms. The maximum absolute atomic E-state index is 12.0. The van der Waals surface area contributed by atoms with Crippen LogP contribution in [0.2, 0.25) is 5.02 Å². The molecule has 7 heteroatoms. The normalized spacial score (nSPS) is 10.5. The first-order valence-corrected chi connectivity index (χ1v) is 7.12. The second kappa shape index (κ2) is 6.62. The van der Waals surface area contributed by atoms with Crippen molar-refractivity contribution in [2.45, 2.75) is 26.7 Å². The van der Waals surface area contributed by atoms with Gasteiger partial charge in [-0.2, -0.15) is 0 Å². The lowest BCUT2D eigenvalue weighted by atomic mass is 10.1. The number of anilines is 1. The fourth-order valence-corrected chi connectivity index (χ4v) is 2.37. The highest BCUT2D eigenvalue weighted by Crippen LogP contribution is 2.19. The van der Waals surface area contributed by atoms with Gasteiger partial charge in [0.25, 0.3) is 5.56 Å². The number of carbonyl (C=O) groups excluding carboxylic acids is 1. The fraction of sp³-hybridized carbons (Fsp3) is 0.267. The molecule has 0 spiro atoms. The van der Waals surface area contributed by atoms with E-state index < -0.39 is 11.2 Å². The summed E-state index contributed by atoms with van der Waals surface area (Å²) in [5.41, 5.74) is 1.41. The number of hydrogen-bond acceptors (Lipinski definition) is 3. The van der Waals surface area contributed by atoms with Crippen LogP contribution in [-0.4, -0.2) is 15.9 Å². The topological polar surface area (TPSA) is 94.8 Å². The van der Waals surface area contributed by atoms with Gasteiger partial charge in [-0.15, -0.1) is 0 Å². The van der Waals surface area contributed by atoms with Crippen LogP contribution < -0.4 is 16.6 Å². The number of aromatic amines is 2. The van der Waals surface area contributed by atoms with Gasteiger partial charge in [0.15, 0.2) is 0 Å². The number of halogens is 1. The summed E-state index contributed by atoms with van der Waals surface area (Å²) >= 11 is 5.86. The summed E-state index contributed by atoms with van der Waals surface area (Å²) in [7, 11) is 0. The molecule has 6 nitrogen and oxygen atoms in total. The van der Waals surface area contributed by atoms with Crippen LogP contribution in [0, 0.1) is 13.8 Å². The highest BCUT2D eigenvalue weighted by Gasteiger charge is 2.10. The summed E-state index contributed by atoms with van der Waals surface area (Å²) in [6, 6.07) is 5.18. The van der Waals surface area contributed by atoms with E-state index in [4.69, 9.17) is 11.6 Å². The number of aryl methyl sites for hydroxylation is 2. The van der Waals surface area contributed by atoms with Crippen LogP contribution >= 0.6 is 11.6 Å². The number of nitrogens with one attached hydrogen (secondary N) is 3. The third-order valence-corrected chi connectivity index (χ3v) is 3.55. The molecule has 1 aromatic heterocycles. The van der Waals surface area contributed by atoms with Gasteiger partial charge in [0.1, 0.15) is 0 Å². The Bertz CT molecular complexity index is 824. The van der Waals surface area contributed by atoms with E-state index in [0.717, 1.165) is 5.56 Å². The minimum atomic E-state index is -0.549. The van der Waals surface area contributed by atoms with Crippen molar-refractivity contribution < 1.29 is 4.79 Å². The van der Waals surface area contributed by atoms with E-state index in [0.29, 0.717) is 22.0 Å². The van der Waals surface area contributed by atoms with E-state index in [9.17, 15) is 14.4 Å². The predicted molar refractivity (Wildman–Crippen MR) is 85.6 cm³/mol. The number of hydrogen-bond donors (Lipinski definition) is 3. The number of H-pyrrole nitrogens is 2. The Morgan fingerprint density at radius 1 is 1.23 bits per heavy atom. The molecule has 0 saturated carbocycles. The minimum absolute atomic E-state index is 0.137. The molecule has 2 rings (SSSR count). The third kappa shape index (κ3) is 3.85. The van der Waals surface area contributed by atoms with Gasteiger partial charge < -0.3 is 10.3 Å². The zero-order valence-corrected chi connectivity index (χ0v) is 13.0. The highest BCUT2D eigenvalue weighted by atomic mass is 35.5. The molecule has 2 aromatic rings. The van der Waals surface area contributed by atoms with E-state index >= 15 is 0 Å². The molecule has 1 amide bonds. The predicted octanol–water partition coefficient (Wildman–Crippen LogP) is 1.90. The van der Waals surface area contributed by atoms with Crippen LogP contribution in [-0.2, 0) is 11.2 Å². The van der Waals surface area contributed by atoms with Gasteiger partial charge in [0.05, 0.1) is 0 Å². The van der Waals surface area contributed by atoms with Gasteiger partial charge >= 0.3 is 5.69 Å². The first kappa shape index (κ1) is 16.0. The molecule has 3 N–H and O–H groups in total. The van der Waals surface area contributed by atoms with Crippen molar-refractivity contribution in [3.63, 3.8) is 0 Å². The van der Waals surface area contributed by atoms with Gasteiger partial charge in [-0.3, -0.25) is 14.6 Å². The molecule has 0 radical (unpaired) electrons. The van der Waals surface area contributed by atoms with Gasteiger partial charge in [-0.1, -0.05) is 11.6 Å². The molecule has 116 valence electrons. The van der Waals surface area contributed by atoms with Gasteiger partial charge in [-0.25, -0.2) is 4.79 Å². The average molecular weight is 322 g/mol. The lowest BCUT2D eigenvalue weighted by molar-refractivity contribution is -0.116. The van der Waals surface area contributed by atoms with Crippen molar-refractivity contribution in [3.05, 3.63) is 60.9 Å². The summed E-state index contributed by atoms with van der Waals surface area (Å²) in [5, 5.41) is 3.38. The highest BCUT2D eigenvalue weighted by molar-refractivity contribution is 6.30. The molecule has 1 heterocycles. The molecular formula is C15H16ClN3O3. The van der Waals surface area contributed by atoms with Gasteiger partial charge in [-0.05, 0) is 44.0 Å². The van der Waals surface area contributed by atoms with Crippen LogP contribution in [0.25, 0.3) is 0 Å². The van der Waals surface area contributed by atoms with Crippen LogP contribution in [0.3, 0.4) is 0 Å². The van der Waals surface area contributed by atoms with Crippen LogP contribution in [0.1, 0.15) is 23.2 Å². The first-order valence-electron chi connectivity index (χ1n) is 6.75. The Morgan fingerprint density at radius 2 is 1.95 bits per heavy atom. The van der Waals surface area contributed by atoms with Gasteiger partial charge in [0.2, 0.25) is 5.91 Å². The van der Waals surface area contributed by atoms with Crippen molar-refractivity contribution >= 4 is 23.2 Å². The number of carbonyl (C=O) groups is 1. The van der Waals surface area contributed by atoms with Crippen molar-refractivity contribution in [1.29, 1.82) is 0 Å². The molecule has 0 bridgehead atoms. The Labute approximate surface area is 131 Å². The summed E-state index contributed by atoms with van der Waals surface area (Å²) < 4.78 is 0. The molecule has 0 fully saturated rings. The molecule has 0 atom stereocenters. The van der Waals surface area contributed by atoms with Crippen molar-refractivity contribution in [2.24, 2.45) is 0 Å². The van der Waals surface area contributed by atoms with Crippen LogP contribution in [0.5, 0.6) is 0 Å². The molecular weight excluding hydrogens is 306 g/mol. The standard InChI is InChI=1S/C15H16ClN3O3/c1-8-7-10(16)3-5-12(8)18-13(20)6-4-11-9(2)17-15(22)19-14(11)21/h3,5,7H,4,6H2,1-2H3,(H,18,20)(H2,17,19,21,22). The molecule has 0 aliphatic carbocycles. The quantitative estimate of drug-likeness (QED) is 0.802. The minimum Gasteiger partial charge on any atom is -0.326 e. The first-order chi connectivity index (χ1) is 10.4. The Morgan fingerprint density at radius 3 is 2.59 bits per heavy atom. The summed E-state index contributed by atoms with van der Waals surface area (Å²) in [6.07, 6.45) is 0.383. The van der Waals surface area contributed by atoms with E-state index in [2.05, 4.69) is 15.3 Å². The monoisotopic (exact) mass is 321 g/mol. The van der Waals surface area contributed by atoms with Gasteiger partial charge in [0, 0.05) is 28.4 Å². The van der Waals surface area contributed by atoms with Crippen molar-refractivity contribution in [3.8, 4) is 0 Å². The molecule has 0 aliphatic rings. The Kier molecular flexibility index (Phi) is 4.82. The maximum atomic E-state index is 12.0. The fourth-order valence-electron chi connectivity index (χ4n) is 2.15.